The van der Waals surface area contributed by atoms with Gasteiger partial charge in [-0.15, -0.1) is 11.3 Å². The number of nitrogens with zero attached hydrogens (tertiary/aromatic N) is 1. The van der Waals surface area contributed by atoms with Gasteiger partial charge in [0.25, 0.3) is 0 Å². The van der Waals surface area contributed by atoms with Crippen molar-refractivity contribution in [3.63, 3.8) is 0 Å². The maximum Gasteiger partial charge on any atom is 0.244 e. The Balaban J connectivity index is 1.43. The number of benzene rings is 1. The summed E-state index contributed by atoms with van der Waals surface area (Å²) in [6, 6.07) is 11.4. The second kappa shape index (κ2) is 11.3. The number of carbonyl (C=O) groups is 2. The summed E-state index contributed by atoms with van der Waals surface area (Å²) in [6.07, 6.45) is 3.76. The lowest BCUT2D eigenvalue weighted by molar-refractivity contribution is -0.117. The third-order valence-electron chi connectivity index (χ3n) is 4.43. The monoisotopic (exact) mass is 477 g/mol. The highest BCUT2D eigenvalue weighted by Gasteiger charge is 2.12. The van der Waals surface area contributed by atoms with Gasteiger partial charge in [-0.25, -0.2) is 0 Å². The van der Waals surface area contributed by atoms with E-state index in [4.69, 9.17) is 4.74 Å². The van der Waals surface area contributed by atoms with Crippen LogP contribution in [0.2, 0.25) is 0 Å². The average Bonchev–Trinajstić information content (AvgIpc) is 3.15. The number of carbonyl (C=O) groups excluding carboxylic acids is 2. The van der Waals surface area contributed by atoms with Crippen molar-refractivity contribution in [1.82, 2.24) is 10.2 Å². The molecule has 2 amide bonds. The zero-order chi connectivity index (χ0) is 20.5. The molecule has 0 aliphatic carbocycles. The minimum atomic E-state index is -0.158. The highest BCUT2D eigenvalue weighted by Crippen LogP contribution is 2.22. The summed E-state index contributed by atoms with van der Waals surface area (Å²) in [7, 11) is 0. The van der Waals surface area contributed by atoms with E-state index in [1.807, 2.05) is 36.4 Å². The van der Waals surface area contributed by atoms with E-state index in [1.54, 1.807) is 17.4 Å². The molecule has 1 aliphatic rings. The van der Waals surface area contributed by atoms with Crippen molar-refractivity contribution in [3.8, 4) is 0 Å². The number of ether oxygens (including phenoxy) is 1. The lowest BCUT2D eigenvalue weighted by Gasteiger charge is -2.26. The van der Waals surface area contributed by atoms with E-state index >= 15 is 0 Å². The van der Waals surface area contributed by atoms with E-state index in [1.165, 1.54) is 6.08 Å². The summed E-state index contributed by atoms with van der Waals surface area (Å²) in [5.41, 5.74) is 1.67. The first-order chi connectivity index (χ1) is 14.1. The molecule has 1 aliphatic heterocycles. The topological polar surface area (TPSA) is 70.7 Å². The van der Waals surface area contributed by atoms with E-state index < -0.39 is 0 Å². The number of amides is 2. The fraction of sp³-hybridized carbons (Fsp3) is 0.333. The Labute approximate surface area is 183 Å². The number of thiophene rings is 1. The second-order valence-electron chi connectivity index (χ2n) is 6.65. The molecule has 3 rings (SSSR count). The predicted molar refractivity (Wildman–Crippen MR) is 120 cm³/mol. The maximum atomic E-state index is 12.2. The van der Waals surface area contributed by atoms with Crippen LogP contribution in [0.4, 0.5) is 5.69 Å². The molecule has 1 saturated heterocycles. The van der Waals surface area contributed by atoms with E-state index in [-0.39, 0.29) is 11.8 Å². The number of anilines is 1. The van der Waals surface area contributed by atoms with Crippen molar-refractivity contribution in [2.45, 2.75) is 13.0 Å². The highest BCUT2D eigenvalue weighted by atomic mass is 79.9. The number of halogens is 1. The Morgan fingerprint density at radius 3 is 2.79 bits per heavy atom. The first-order valence-electron chi connectivity index (χ1n) is 9.48. The molecule has 1 aromatic heterocycles. The zero-order valence-corrected chi connectivity index (χ0v) is 18.4. The SMILES string of the molecule is O=C(C=Cc1ccc(Br)s1)NCc1cccc(NC(=O)CCN2CCOCC2)c1. The van der Waals surface area contributed by atoms with E-state index in [0.29, 0.717) is 13.0 Å². The van der Waals surface area contributed by atoms with Crippen molar-refractivity contribution in [1.29, 1.82) is 0 Å². The van der Waals surface area contributed by atoms with Crippen LogP contribution in [0, 0.1) is 0 Å². The van der Waals surface area contributed by atoms with Crippen molar-refractivity contribution >= 4 is 50.8 Å². The molecule has 0 spiro atoms. The Morgan fingerprint density at radius 1 is 1.21 bits per heavy atom. The van der Waals surface area contributed by atoms with Crippen LogP contribution in [0.15, 0.2) is 46.3 Å². The van der Waals surface area contributed by atoms with Gasteiger partial charge in [-0.1, -0.05) is 12.1 Å². The normalized spacial score (nSPS) is 14.8. The van der Waals surface area contributed by atoms with Gasteiger partial charge < -0.3 is 15.4 Å². The zero-order valence-electron chi connectivity index (χ0n) is 16.0. The molecule has 154 valence electrons. The van der Waals surface area contributed by atoms with Crippen LogP contribution in [-0.2, 0) is 20.9 Å². The third-order valence-corrected chi connectivity index (χ3v) is 6.02. The van der Waals surface area contributed by atoms with Crippen LogP contribution < -0.4 is 10.6 Å². The number of morpholine rings is 1. The van der Waals surface area contributed by atoms with Crippen molar-refractivity contribution in [3.05, 3.63) is 56.7 Å². The summed E-state index contributed by atoms with van der Waals surface area (Å²) in [5.74, 6) is -0.169. The van der Waals surface area contributed by atoms with Crippen molar-refractivity contribution in [2.75, 3.05) is 38.2 Å². The van der Waals surface area contributed by atoms with E-state index in [9.17, 15) is 9.59 Å². The lowest BCUT2D eigenvalue weighted by Crippen LogP contribution is -2.38. The first-order valence-corrected chi connectivity index (χ1v) is 11.1. The summed E-state index contributed by atoms with van der Waals surface area (Å²) >= 11 is 4.97. The Bertz CT molecular complexity index is 862. The average molecular weight is 478 g/mol. The molecule has 2 heterocycles. The molecule has 0 atom stereocenters. The standard InChI is InChI=1S/C21H24BrN3O3S/c22-19-6-4-18(29-19)5-7-20(26)23-15-16-2-1-3-17(14-16)24-21(27)8-9-25-10-12-28-13-11-25/h1-7,14H,8-13,15H2,(H,23,26)(H,24,27). The maximum absolute atomic E-state index is 12.2. The molecule has 0 radical (unpaired) electrons. The van der Waals surface area contributed by atoms with Crippen LogP contribution >= 0.6 is 27.3 Å². The molecular weight excluding hydrogens is 454 g/mol. The van der Waals surface area contributed by atoms with Crippen LogP contribution in [-0.4, -0.2) is 49.6 Å². The minimum Gasteiger partial charge on any atom is -0.379 e. The summed E-state index contributed by atoms with van der Waals surface area (Å²) < 4.78 is 6.35. The first kappa shape index (κ1) is 21.7. The predicted octanol–water partition coefficient (Wildman–Crippen LogP) is 3.50. The number of nitrogens with one attached hydrogen (secondary N) is 2. The Kier molecular flexibility index (Phi) is 8.42. The van der Waals surface area contributed by atoms with Crippen LogP contribution in [0.5, 0.6) is 0 Å². The molecule has 2 aromatic rings. The van der Waals surface area contributed by atoms with Crippen molar-refractivity contribution in [2.24, 2.45) is 0 Å². The summed E-state index contributed by atoms with van der Waals surface area (Å²) in [5, 5.41) is 5.79. The quantitative estimate of drug-likeness (QED) is 0.570. The van der Waals surface area contributed by atoms with Crippen LogP contribution in [0.3, 0.4) is 0 Å². The van der Waals surface area contributed by atoms with Gasteiger partial charge in [0.2, 0.25) is 11.8 Å². The van der Waals surface area contributed by atoms with Crippen LogP contribution in [0.1, 0.15) is 16.9 Å². The van der Waals surface area contributed by atoms with Gasteiger partial charge in [-0.2, -0.15) is 0 Å². The van der Waals surface area contributed by atoms with Gasteiger partial charge in [-0.3, -0.25) is 14.5 Å². The third kappa shape index (κ3) is 7.74. The van der Waals surface area contributed by atoms with Gasteiger partial charge in [-0.05, 0) is 51.8 Å². The van der Waals surface area contributed by atoms with Gasteiger partial charge in [0.05, 0.1) is 17.0 Å². The molecule has 1 fully saturated rings. The molecular formula is C21H24BrN3O3S. The largest absolute Gasteiger partial charge is 0.379 e. The van der Waals surface area contributed by atoms with Gasteiger partial charge in [0.1, 0.15) is 0 Å². The molecule has 8 heteroatoms. The lowest BCUT2D eigenvalue weighted by atomic mass is 10.2. The number of rotatable bonds is 8. The van der Waals surface area contributed by atoms with E-state index in [2.05, 4.69) is 31.5 Å². The van der Waals surface area contributed by atoms with Crippen LogP contribution in [0.25, 0.3) is 6.08 Å². The second-order valence-corrected chi connectivity index (χ2v) is 9.14. The fourth-order valence-electron chi connectivity index (χ4n) is 2.89. The number of hydrogen-bond acceptors (Lipinski definition) is 5. The van der Waals surface area contributed by atoms with Gasteiger partial charge in [0.15, 0.2) is 0 Å². The number of hydrogen-bond donors (Lipinski definition) is 2. The minimum absolute atomic E-state index is 0.0114. The summed E-state index contributed by atoms with van der Waals surface area (Å²) in [4.78, 5) is 27.5. The summed E-state index contributed by atoms with van der Waals surface area (Å²) in [6.45, 7) is 4.35. The molecule has 0 unspecified atom stereocenters. The molecule has 6 nitrogen and oxygen atoms in total. The molecule has 2 N–H and O–H groups in total. The Morgan fingerprint density at radius 2 is 2.03 bits per heavy atom. The smallest absolute Gasteiger partial charge is 0.244 e. The van der Waals surface area contributed by atoms with Crippen molar-refractivity contribution < 1.29 is 14.3 Å². The van der Waals surface area contributed by atoms with E-state index in [0.717, 1.165) is 52.8 Å². The molecule has 29 heavy (non-hydrogen) atoms. The van der Waals surface area contributed by atoms with Gasteiger partial charge >= 0.3 is 0 Å². The van der Waals surface area contributed by atoms with Gasteiger partial charge in [0, 0.05) is 49.2 Å². The fourth-order valence-corrected chi connectivity index (χ4v) is 4.22. The highest BCUT2D eigenvalue weighted by molar-refractivity contribution is 9.11. The Hall–Kier alpha value is -2.00. The molecule has 0 bridgehead atoms. The molecule has 0 saturated carbocycles. The molecule has 1 aromatic carbocycles.